The van der Waals surface area contributed by atoms with E-state index in [1.165, 1.54) is 6.33 Å². The van der Waals surface area contributed by atoms with Crippen molar-refractivity contribution >= 4 is 0 Å². The predicted molar refractivity (Wildman–Crippen MR) is 72.6 cm³/mol. The summed E-state index contributed by atoms with van der Waals surface area (Å²) in [6.07, 6.45) is 3.34. The molecule has 0 spiro atoms. The van der Waals surface area contributed by atoms with Gasteiger partial charge in [-0.3, -0.25) is 0 Å². The highest BCUT2D eigenvalue weighted by atomic mass is 16.5. The number of nitrogens with one attached hydrogen (secondary N) is 1. The van der Waals surface area contributed by atoms with Gasteiger partial charge in [0.15, 0.2) is 0 Å². The second-order valence-electron chi connectivity index (χ2n) is 5.03. The third-order valence-corrected chi connectivity index (χ3v) is 2.39. The first-order chi connectivity index (χ1) is 8.59. The molecule has 0 atom stereocenters. The van der Waals surface area contributed by atoms with Crippen LogP contribution in [0.4, 0.5) is 0 Å². The van der Waals surface area contributed by atoms with Gasteiger partial charge in [-0.2, -0.15) is 0 Å². The summed E-state index contributed by atoms with van der Waals surface area (Å²) in [7, 11) is 4.04. The Morgan fingerprint density at radius 2 is 2.17 bits per heavy atom. The third-order valence-electron chi connectivity index (χ3n) is 2.39. The normalized spacial score (nSPS) is 11.2. The number of hydrogen-bond donors (Lipinski definition) is 1. The number of rotatable bonds is 8. The van der Waals surface area contributed by atoms with E-state index < -0.39 is 0 Å². The molecule has 1 N–H and O–H groups in total. The van der Waals surface area contributed by atoms with Crippen LogP contribution in [0.3, 0.4) is 0 Å². The Labute approximate surface area is 110 Å². The molecule has 0 aliphatic rings. The highest BCUT2D eigenvalue weighted by Gasteiger charge is 2.05. The molecule has 0 bridgehead atoms. The number of nitrogens with zero attached hydrogens (tertiary/aromatic N) is 3. The molecule has 18 heavy (non-hydrogen) atoms. The summed E-state index contributed by atoms with van der Waals surface area (Å²) < 4.78 is 5.67. The lowest BCUT2D eigenvalue weighted by molar-refractivity contribution is 0.251. The lowest BCUT2D eigenvalue weighted by Crippen LogP contribution is -2.22. The summed E-state index contributed by atoms with van der Waals surface area (Å²) in [5, 5.41) is 3.37. The first-order valence-electron chi connectivity index (χ1n) is 6.36. The van der Waals surface area contributed by atoms with Crippen molar-refractivity contribution in [3.05, 3.63) is 18.1 Å². The van der Waals surface area contributed by atoms with Crippen LogP contribution < -0.4 is 10.1 Å². The number of aromatic nitrogens is 2. The van der Waals surface area contributed by atoms with Crippen molar-refractivity contribution in [3.63, 3.8) is 0 Å². The van der Waals surface area contributed by atoms with E-state index in [9.17, 15) is 0 Å². The van der Waals surface area contributed by atoms with E-state index in [4.69, 9.17) is 4.74 Å². The summed E-state index contributed by atoms with van der Waals surface area (Å²) in [6, 6.07) is 0. The molecule has 1 aromatic rings. The fourth-order valence-corrected chi connectivity index (χ4v) is 1.42. The molecule has 0 aromatic carbocycles. The predicted octanol–water partition coefficient (Wildman–Crippen LogP) is 1.16. The van der Waals surface area contributed by atoms with Crippen LogP contribution in [0.1, 0.15) is 19.4 Å². The van der Waals surface area contributed by atoms with Crippen LogP contribution in [0, 0.1) is 5.92 Å². The fraction of sp³-hybridized carbons (Fsp3) is 0.692. The topological polar surface area (TPSA) is 50.3 Å². The zero-order chi connectivity index (χ0) is 13.4. The molecule has 102 valence electrons. The van der Waals surface area contributed by atoms with Crippen molar-refractivity contribution in [2.75, 3.05) is 33.8 Å². The van der Waals surface area contributed by atoms with Crippen LogP contribution in [0.5, 0.6) is 5.88 Å². The molecule has 5 heteroatoms. The van der Waals surface area contributed by atoms with Crippen LogP contribution in [0.15, 0.2) is 12.5 Å². The van der Waals surface area contributed by atoms with Crippen molar-refractivity contribution in [2.24, 2.45) is 5.92 Å². The van der Waals surface area contributed by atoms with E-state index in [0.717, 1.165) is 25.2 Å². The van der Waals surface area contributed by atoms with Crippen LogP contribution in [0.2, 0.25) is 0 Å². The molecule has 5 nitrogen and oxygen atoms in total. The molecule has 1 heterocycles. The van der Waals surface area contributed by atoms with Crippen LogP contribution in [-0.4, -0.2) is 48.7 Å². The van der Waals surface area contributed by atoms with Gasteiger partial charge in [-0.25, -0.2) is 9.97 Å². The quantitative estimate of drug-likeness (QED) is 0.752. The minimum absolute atomic E-state index is 0.632. The van der Waals surface area contributed by atoms with Gasteiger partial charge in [0.1, 0.15) is 12.9 Å². The van der Waals surface area contributed by atoms with Crippen LogP contribution >= 0.6 is 0 Å². The van der Waals surface area contributed by atoms with Crippen molar-refractivity contribution in [1.29, 1.82) is 0 Å². The largest absolute Gasteiger partial charge is 0.476 e. The Balaban J connectivity index is 2.45. The second kappa shape index (κ2) is 8.00. The fourth-order valence-electron chi connectivity index (χ4n) is 1.42. The van der Waals surface area contributed by atoms with Gasteiger partial charge < -0.3 is 15.0 Å². The van der Waals surface area contributed by atoms with Crippen molar-refractivity contribution < 1.29 is 4.74 Å². The van der Waals surface area contributed by atoms with E-state index in [2.05, 4.69) is 34.0 Å². The average molecular weight is 252 g/mol. The summed E-state index contributed by atoms with van der Waals surface area (Å²) in [4.78, 5) is 10.3. The summed E-state index contributed by atoms with van der Waals surface area (Å²) in [5.74, 6) is 1.32. The molecule has 0 amide bonds. The molecule has 0 unspecified atom stereocenters. The van der Waals surface area contributed by atoms with Gasteiger partial charge in [-0.15, -0.1) is 0 Å². The maximum atomic E-state index is 5.67. The Bertz CT molecular complexity index is 309. The second-order valence-corrected chi connectivity index (χ2v) is 5.03. The lowest BCUT2D eigenvalue weighted by Gasteiger charge is -2.13. The van der Waals surface area contributed by atoms with Crippen LogP contribution in [0.25, 0.3) is 0 Å². The molecule has 0 aliphatic heterocycles. The van der Waals surface area contributed by atoms with Gasteiger partial charge >= 0.3 is 0 Å². The average Bonchev–Trinajstić information content (AvgIpc) is 2.30. The van der Waals surface area contributed by atoms with E-state index in [1.54, 1.807) is 0 Å². The van der Waals surface area contributed by atoms with E-state index in [-0.39, 0.29) is 0 Å². The van der Waals surface area contributed by atoms with Crippen molar-refractivity contribution in [2.45, 2.75) is 20.4 Å². The minimum atomic E-state index is 0.632. The lowest BCUT2D eigenvalue weighted by atomic mass is 10.2. The van der Waals surface area contributed by atoms with Gasteiger partial charge in [-0.1, -0.05) is 13.8 Å². The maximum Gasteiger partial charge on any atom is 0.220 e. The highest BCUT2D eigenvalue weighted by Crippen LogP contribution is 2.12. The van der Waals surface area contributed by atoms with E-state index in [0.29, 0.717) is 18.4 Å². The molecular weight excluding hydrogens is 228 g/mol. The van der Waals surface area contributed by atoms with Gasteiger partial charge in [0, 0.05) is 24.8 Å². The molecule has 1 rings (SSSR count). The summed E-state index contributed by atoms with van der Waals surface area (Å²) >= 11 is 0. The molecule has 1 aromatic heterocycles. The Morgan fingerprint density at radius 3 is 2.83 bits per heavy atom. The van der Waals surface area contributed by atoms with Gasteiger partial charge in [-0.05, 0) is 26.6 Å². The van der Waals surface area contributed by atoms with Crippen molar-refractivity contribution in [1.82, 2.24) is 20.2 Å². The Kier molecular flexibility index (Phi) is 6.60. The summed E-state index contributed by atoms with van der Waals surface area (Å²) in [6.45, 7) is 7.61. The zero-order valence-electron chi connectivity index (χ0n) is 11.8. The number of ether oxygens (including phenoxy) is 1. The van der Waals surface area contributed by atoms with Gasteiger partial charge in [0.05, 0.1) is 0 Å². The molecule has 0 saturated carbocycles. The maximum absolute atomic E-state index is 5.67. The van der Waals surface area contributed by atoms with Gasteiger partial charge in [0.2, 0.25) is 5.88 Å². The Morgan fingerprint density at radius 1 is 1.39 bits per heavy atom. The first kappa shape index (κ1) is 14.9. The zero-order valence-corrected chi connectivity index (χ0v) is 11.8. The minimum Gasteiger partial charge on any atom is -0.476 e. The smallest absolute Gasteiger partial charge is 0.220 e. The molecule has 0 radical (unpaired) electrons. The number of likely N-dealkylation sites (N-methyl/N-ethyl adjacent to an activating group) is 1. The molecule has 0 saturated heterocycles. The standard InChI is InChI=1S/C13H24N4O/c1-11(2)7-14-8-12-9-15-10-16-13(12)18-6-5-17(3)4/h9-11,14H,5-8H2,1-4H3. The highest BCUT2D eigenvalue weighted by molar-refractivity contribution is 5.21. The van der Waals surface area contributed by atoms with Crippen molar-refractivity contribution in [3.8, 4) is 5.88 Å². The SMILES string of the molecule is CC(C)CNCc1cncnc1OCCN(C)C. The van der Waals surface area contributed by atoms with Crippen LogP contribution in [-0.2, 0) is 6.54 Å². The third kappa shape index (κ3) is 5.93. The summed E-state index contributed by atoms with van der Waals surface area (Å²) in [5.41, 5.74) is 1.01. The Hall–Kier alpha value is -1.20. The molecule has 0 aliphatic carbocycles. The molecular formula is C13H24N4O. The molecule has 0 fully saturated rings. The van der Waals surface area contributed by atoms with E-state index >= 15 is 0 Å². The van der Waals surface area contributed by atoms with E-state index in [1.807, 2.05) is 20.3 Å². The monoisotopic (exact) mass is 252 g/mol. The number of hydrogen-bond acceptors (Lipinski definition) is 5. The first-order valence-corrected chi connectivity index (χ1v) is 6.36. The van der Waals surface area contributed by atoms with Gasteiger partial charge in [0.25, 0.3) is 0 Å².